The third-order valence-electron chi connectivity index (χ3n) is 2.20. The summed E-state index contributed by atoms with van der Waals surface area (Å²) in [5.74, 6) is 0. The number of nitrogens with zero attached hydrogens (tertiary/aromatic N) is 1. The minimum absolute atomic E-state index is 0.0757. The highest BCUT2D eigenvalue weighted by atomic mass is 79.9. The fraction of sp³-hybridized carbons (Fsp3) is 0.0833. The van der Waals surface area contributed by atoms with Crippen molar-refractivity contribution in [2.75, 3.05) is 0 Å². The molecular formula is C12H9BrClNO. The first-order valence-corrected chi connectivity index (χ1v) is 5.93. The van der Waals surface area contributed by atoms with Crippen molar-refractivity contribution >= 4 is 27.5 Å². The van der Waals surface area contributed by atoms with E-state index in [1.54, 1.807) is 16.8 Å². The van der Waals surface area contributed by atoms with Gasteiger partial charge in [0, 0.05) is 6.20 Å². The van der Waals surface area contributed by atoms with Crippen molar-refractivity contribution in [1.29, 1.82) is 0 Å². The molecule has 1 aromatic heterocycles. The van der Waals surface area contributed by atoms with E-state index < -0.39 is 0 Å². The predicted octanol–water partition coefficient (Wildman–Crippen LogP) is 3.31. The first kappa shape index (κ1) is 11.4. The van der Waals surface area contributed by atoms with E-state index in [2.05, 4.69) is 15.9 Å². The van der Waals surface area contributed by atoms with Gasteiger partial charge in [-0.15, -0.1) is 0 Å². The third-order valence-corrected chi connectivity index (χ3v) is 2.98. The number of benzene rings is 1. The molecule has 2 nitrogen and oxygen atoms in total. The van der Waals surface area contributed by atoms with Gasteiger partial charge in [0.2, 0.25) is 0 Å². The molecule has 2 rings (SSSR count). The number of halogens is 2. The second-order valence-electron chi connectivity index (χ2n) is 3.42. The number of aromatic nitrogens is 1. The van der Waals surface area contributed by atoms with E-state index in [1.807, 2.05) is 30.3 Å². The average molecular weight is 299 g/mol. The van der Waals surface area contributed by atoms with E-state index >= 15 is 0 Å². The van der Waals surface area contributed by atoms with Crippen LogP contribution >= 0.6 is 27.5 Å². The Hall–Kier alpha value is -1.06. The normalized spacial score (nSPS) is 10.4. The number of hydrogen-bond acceptors (Lipinski definition) is 1. The molecule has 1 aromatic carbocycles. The highest BCUT2D eigenvalue weighted by Gasteiger charge is 2.03. The Morgan fingerprint density at radius 3 is 2.62 bits per heavy atom. The molecule has 16 heavy (non-hydrogen) atoms. The second-order valence-corrected chi connectivity index (χ2v) is 4.72. The second kappa shape index (κ2) is 4.85. The summed E-state index contributed by atoms with van der Waals surface area (Å²) < 4.78 is 2.07. The molecule has 0 atom stereocenters. The zero-order valence-electron chi connectivity index (χ0n) is 8.36. The third kappa shape index (κ3) is 2.54. The number of hydrogen-bond donors (Lipinski definition) is 0. The molecule has 2 aromatic rings. The Bertz CT molecular complexity index is 551. The lowest BCUT2D eigenvalue weighted by Gasteiger charge is -2.06. The molecule has 82 valence electrons. The van der Waals surface area contributed by atoms with E-state index in [9.17, 15) is 4.79 Å². The summed E-state index contributed by atoms with van der Waals surface area (Å²) >= 11 is 9.09. The van der Waals surface area contributed by atoms with Crippen LogP contribution in [0.2, 0.25) is 5.02 Å². The molecule has 0 spiro atoms. The standard InChI is InChI=1S/C12H9BrClNO/c13-11-6-10(14)8-15(12(11)16)7-9-4-2-1-3-5-9/h1-6,8H,7H2. The highest BCUT2D eigenvalue weighted by Crippen LogP contribution is 2.12. The zero-order valence-corrected chi connectivity index (χ0v) is 10.7. The van der Waals surface area contributed by atoms with Gasteiger partial charge >= 0.3 is 0 Å². The van der Waals surface area contributed by atoms with Crippen LogP contribution in [-0.4, -0.2) is 4.57 Å². The molecule has 0 aliphatic carbocycles. The summed E-state index contributed by atoms with van der Waals surface area (Å²) in [5.41, 5.74) is 0.993. The van der Waals surface area contributed by atoms with Crippen LogP contribution in [-0.2, 0) is 6.54 Å². The minimum atomic E-state index is -0.0757. The van der Waals surface area contributed by atoms with Crippen molar-refractivity contribution < 1.29 is 0 Å². The minimum Gasteiger partial charge on any atom is -0.309 e. The zero-order chi connectivity index (χ0) is 11.5. The molecular weight excluding hydrogens is 289 g/mol. The SMILES string of the molecule is O=c1c(Br)cc(Cl)cn1Cc1ccccc1. The van der Waals surface area contributed by atoms with Crippen LogP contribution < -0.4 is 5.56 Å². The van der Waals surface area contributed by atoms with E-state index in [1.165, 1.54) is 0 Å². The van der Waals surface area contributed by atoms with Crippen LogP contribution in [0.1, 0.15) is 5.56 Å². The van der Waals surface area contributed by atoms with Crippen molar-refractivity contribution in [1.82, 2.24) is 4.57 Å². The first-order valence-electron chi connectivity index (χ1n) is 4.76. The molecule has 0 unspecified atom stereocenters. The maximum atomic E-state index is 11.8. The molecule has 0 fully saturated rings. The summed E-state index contributed by atoms with van der Waals surface area (Å²) in [6, 6.07) is 11.4. The lowest BCUT2D eigenvalue weighted by molar-refractivity contribution is 0.755. The van der Waals surface area contributed by atoms with Crippen LogP contribution in [0, 0.1) is 0 Å². The van der Waals surface area contributed by atoms with Gasteiger partial charge in [0.05, 0.1) is 16.0 Å². The summed E-state index contributed by atoms with van der Waals surface area (Å²) in [6.45, 7) is 0.527. The quantitative estimate of drug-likeness (QED) is 0.834. The smallest absolute Gasteiger partial charge is 0.265 e. The van der Waals surface area contributed by atoms with Crippen molar-refractivity contribution in [3.63, 3.8) is 0 Å². The van der Waals surface area contributed by atoms with Gasteiger partial charge in [0.1, 0.15) is 0 Å². The van der Waals surface area contributed by atoms with Crippen LogP contribution in [0.25, 0.3) is 0 Å². The summed E-state index contributed by atoms with van der Waals surface area (Å²) in [6.07, 6.45) is 1.64. The molecule has 0 saturated carbocycles. The number of rotatable bonds is 2. The van der Waals surface area contributed by atoms with Gasteiger partial charge in [-0.3, -0.25) is 4.79 Å². The average Bonchev–Trinajstić information content (AvgIpc) is 2.27. The summed E-state index contributed by atoms with van der Waals surface area (Å²) in [5, 5.41) is 0.544. The molecule has 0 aliphatic heterocycles. The fourth-order valence-electron chi connectivity index (χ4n) is 1.46. The van der Waals surface area contributed by atoms with Crippen LogP contribution in [0.5, 0.6) is 0 Å². The summed E-state index contributed by atoms with van der Waals surface area (Å²) in [7, 11) is 0. The van der Waals surface area contributed by atoms with Gasteiger partial charge in [-0.05, 0) is 27.6 Å². The molecule has 0 saturated heterocycles. The van der Waals surface area contributed by atoms with Gasteiger partial charge < -0.3 is 4.57 Å². The Morgan fingerprint density at radius 2 is 1.94 bits per heavy atom. The Labute approximate surface area is 107 Å². The molecule has 4 heteroatoms. The molecule has 0 aliphatic rings. The Balaban J connectivity index is 2.39. The molecule has 0 N–H and O–H groups in total. The van der Waals surface area contributed by atoms with Crippen LogP contribution in [0.3, 0.4) is 0 Å². The van der Waals surface area contributed by atoms with Gasteiger partial charge in [0.15, 0.2) is 0 Å². The van der Waals surface area contributed by atoms with Crippen molar-refractivity contribution in [2.45, 2.75) is 6.54 Å². The topological polar surface area (TPSA) is 22.0 Å². The van der Waals surface area contributed by atoms with Crippen molar-refractivity contribution in [2.24, 2.45) is 0 Å². The van der Waals surface area contributed by atoms with Crippen molar-refractivity contribution in [3.8, 4) is 0 Å². The molecule has 0 bridgehead atoms. The van der Waals surface area contributed by atoms with Gasteiger partial charge in [0.25, 0.3) is 5.56 Å². The lowest BCUT2D eigenvalue weighted by atomic mass is 10.2. The monoisotopic (exact) mass is 297 g/mol. The maximum absolute atomic E-state index is 11.8. The molecule has 0 amide bonds. The van der Waals surface area contributed by atoms with Gasteiger partial charge in [-0.2, -0.15) is 0 Å². The molecule has 1 heterocycles. The maximum Gasteiger partial charge on any atom is 0.265 e. The Kier molecular flexibility index (Phi) is 3.46. The summed E-state index contributed by atoms with van der Waals surface area (Å²) in [4.78, 5) is 11.8. The van der Waals surface area contributed by atoms with E-state index in [0.29, 0.717) is 16.0 Å². The molecule has 0 radical (unpaired) electrons. The van der Waals surface area contributed by atoms with Gasteiger partial charge in [-0.25, -0.2) is 0 Å². The van der Waals surface area contributed by atoms with Crippen LogP contribution in [0.4, 0.5) is 0 Å². The van der Waals surface area contributed by atoms with Crippen LogP contribution in [0.15, 0.2) is 51.9 Å². The van der Waals surface area contributed by atoms with Gasteiger partial charge in [-0.1, -0.05) is 41.9 Å². The van der Waals surface area contributed by atoms with E-state index in [4.69, 9.17) is 11.6 Å². The largest absolute Gasteiger partial charge is 0.309 e. The lowest BCUT2D eigenvalue weighted by Crippen LogP contribution is -2.20. The number of pyridine rings is 1. The first-order chi connectivity index (χ1) is 7.66. The van der Waals surface area contributed by atoms with E-state index in [0.717, 1.165) is 5.56 Å². The van der Waals surface area contributed by atoms with Crippen molar-refractivity contribution in [3.05, 3.63) is 68.0 Å². The predicted molar refractivity (Wildman–Crippen MR) is 69.0 cm³/mol. The van der Waals surface area contributed by atoms with E-state index in [-0.39, 0.29) is 5.56 Å². The Morgan fingerprint density at radius 1 is 1.25 bits per heavy atom. The fourth-order valence-corrected chi connectivity index (χ4v) is 2.30. The highest BCUT2D eigenvalue weighted by molar-refractivity contribution is 9.10.